The van der Waals surface area contributed by atoms with Gasteiger partial charge in [-0.1, -0.05) is 17.4 Å². The molecule has 1 aromatic heterocycles. The fourth-order valence-electron chi connectivity index (χ4n) is 3.00. The van der Waals surface area contributed by atoms with E-state index in [9.17, 15) is 4.79 Å². The molecule has 3 aromatic rings. The number of amides is 1. The molecule has 6 nitrogen and oxygen atoms in total. The number of carbonyl (C=O) groups is 1. The van der Waals surface area contributed by atoms with Gasteiger partial charge in [0.2, 0.25) is 0 Å². The summed E-state index contributed by atoms with van der Waals surface area (Å²) in [6, 6.07) is 9.49. The molecule has 0 saturated heterocycles. The number of benzene rings is 2. The number of likely N-dealkylation sites (N-methyl/N-ethyl adjacent to an activating group) is 1. The molecule has 0 fully saturated rings. The van der Waals surface area contributed by atoms with Gasteiger partial charge in [-0.05, 0) is 63.3 Å². The number of thiazole rings is 1. The first kappa shape index (κ1) is 21.1. The van der Waals surface area contributed by atoms with Crippen molar-refractivity contribution in [3.8, 4) is 11.5 Å². The second-order valence-electron chi connectivity index (χ2n) is 7.20. The molecule has 0 atom stereocenters. The summed E-state index contributed by atoms with van der Waals surface area (Å²) in [5, 5.41) is 0.632. The van der Waals surface area contributed by atoms with Crippen molar-refractivity contribution >= 4 is 32.6 Å². The number of hydrogen-bond acceptors (Lipinski definition) is 6. The van der Waals surface area contributed by atoms with E-state index in [2.05, 4.69) is 4.90 Å². The summed E-state index contributed by atoms with van der Waals surface area (Å²) in [7, 11) is 7.22. The highest BCUT2D eigenvalue weighted by molar-refractivity contribution is 7.22. The number of ether oxygens (including phenoxy) is 2. The molecule has 2 aromatic carbocycles. The van der Waals surface area contributed by atoms with Gasteiger partial charge in [0, 0.05) is 18.7 Å². The molecule has 0 N–H and O–H groups in total. The summed E-state index contributed by atoms with van der Waals surface area (Å²) in [6.45, 7) is 5.31. The number of carbonyl (C=O) groups excluding carboxylic acids is 1. The number of aromatic nitrogens is 1. The van der Waals surface area contributed by atoms with E-state index in [0.717, 1.165) is 28.1 Å². The predicted octanol–water partition coefficient (Wildman–Crippen LogP) is 4.14. The van der Waals surface area contributed by atoms with Gasteiger partial charge < -0.3 is 14.4 Å². The number of methoxy groups -OCH3 is 2. The Morgan fingerprint density at radius 1 is 1.00 bits per heavy atom. The van der Waals surface area contributed by atoms with E-state index in [4.69, 9.17) is 14.5 Å². The molecule has 0 spiro atoms. The third-order valence-electron chi connectivity index (χ3n) is 4.90. The molecule has 3 rings (SSSR count). The standard InChI is InChI=1S/C22H27N3O3S/c1-14-7-8-16(13-15(14)2)21(26)25(12-11-24(3)4)22-23-19-17(27-5)9-10-18(28-6)20(19)29-22/h7-10,13H,11-12H2,1-6H3. The lowest BCUT2D eigenvalue weighted by molar-refractivity contribution is 0.0985. The van der Waals surface area contributed by atoms with E-state index in [1.807, 2.05) is 58.3 Å². The number of nitrogens with zero attached hydrogens (tertiary/aromatic N) is 3. The Hall–Kier alpha value is -2.64. The predicted molar refractivity (Wildman–Crippen MR) is 119 cm³/mol. The van der Waals surface area contributed by atoms with Crippen LogP contribution < -0.4 is 14.4 Å². The topological polar surface area (TPSA) is 54.9 Å². The number of anilines is 1. The first-order chi connectivity index (χ1) is 13.8. The van der Waals surface area contributed by atoms with Crippen molar-refractivity contribution in [2.45, 2.75) is 13.8 Å². The van der Waals surface area contributed by atoms with Gasteiger partial charge in [-0.3, -0.25) is 9.69 Å². The molecule has 1 heterocycles. The van der Waals surface area contributed by atoms with Gasteiger partial charge in [-0.2, -0.15) is 0 Å². The smallest absolute Gasteiger partial charge is 0.260 e. The highest BCUT2D eigenvalue weighted by atomic mass is 32.1. The van der Waals surface area contributed by atoms with Crippen LogP contribution in [0.15, 0.2) is 30.3 Å². The number of rotatable bonds is 7. The Morgan fingerprint density at radius 3 is 2.31 bits per heavy atom. The maximum Gasteiger partial charge on any atom is 0.260 e. The Kier molecular flexibility index (Phi) is 6.39. The zero-order chi connectivity index (χ0) is 21.1. The van der Waals surface area contributed by atoms with E-state index in [-0.39, 0.29) is 5.91 Å². The van der Waals surface area contributed by atoms with Crippen LogP contribution in [-0.4, -0.2) is 57.2 Å². The fraction of sp³-hybridized carbons (Fsp3) is 0.364. The maximum atomic E-state index is 13.4. The van der Waals surface area contributed by atoms with Crippen LogP contribution in [0.3, 0.4) is 0 Å². The molecule has 0 unspecified atom stereocenters. The zero-order valence-electron chi connectivity index (χ0n) is 17.8. The van der Waals surface area contributed by atoms with Crippen molar-refractivity contribution in [3.05, 3.63) is 47.0 Å². The second-order valence-corrected chi connectivity index (χ2v) is 8.18. The first-order valence-corrected chi connectivity index (χ1v) is 10.2. The molecule has 0 aliphatic carbocycles. The second kappa shape index (κ2) is 8.80. The van der Waals surface area contributed by atoms with Gasteiger partial charge in [0.25, 0.3) is 5.91 Å². The lowest BCUT2D eigenvalue weighted by Gasteiger charge is -2.22. The monoisotopic (exact) mass is 413 g/mol. The average Bonchev–Trinajstić information content (AvgIpc) is 3.14. The van der Waals surface area contributed by atoms with Crippen LogP contribution in [0, 0.1) is 13.8 Å². The number of hydrogen-bond donors (Lipinski definition) is 0. The molecular formula is C22H27N3O3S. The Morgan fingerprint density at radius 2 is 1.69 bits per heavy atom. The zero-order valence-corrected chi connectivity index (χ0v) is 18.6. The largest absolute Gasteiger partial charge is 0.495 e. The van der Waals surface area contributed by atoms with Crippen molar-refractivity contribution < 1.29 is 14.3 Å². The molecule has 0 bridgehead atoms. The van der Waals surface area contributed by atoms with Crippen LogP contribution >= 0.6 is 11.3 Å². The maximum absolute atomic E-state index is 13.4. The fourth-order valence-corrected chi connectivity index (χ4v) is 4.10. The third kappa shape index (κ3) is 4.36. The minimum atomic E-state index is -0.0630. The van der Waals surface area contributed by atoms with Gasteiger partial charge in [-0.15, -0.1) is 0 Å². The van der Waals surface area contributed by atoms with E-state index < -0.39 is 0 Å². The van der Waals surface area contributed by atoms with Gasteiger partial charge >= 0.3 is 0 Å². The molecule has 29 heavy (non-hydrogen) atoms. The molecule has 0 radical (unpaired) electrons. The summed E-state index contributed by atoms with van der Waals surface area (Å²) < 4.78 is 11.8. The van der Waals surface area contributed by atoms with Crippen molar-refractivity contribution in [1.82, 2.24) is 9.88 Å². The molecule has 154 valence electrons. The van der Waals surface area contributed by atoms with Crippen LogP contribution in [0.5, 0.6) is 11.5 Å². The van der Waals surface area contributed by atoms with Crippen molar-refractivity contribution in [3.63, 3.8) is 0 Å². The lowest BCUT2D eigenvalue weighted by atomic mass is 10.1. The summed E-state index contributed by atoms with van der Waals surface area (Å²) in [6.07, 6.45) is 0. The average molecular weight is 414 g/mol. The summed E-state index contributed by atoms with van der Waals surface area (Å²) in [5.74, 6) is 1.32. The lowest BCUT2D eigenvalue weighted by Crippen LogP contribution is -2.36. The number of fused-ring (bicyclic) bond motifs is 1. The summed E-state index contributed by atoms with van der Waals surface area (Å²) in [4.78, 5) is 22.0. The molecule has 7 heteroatoms. The minimum Gasteiger partial charge on any atom is -0.495 e. The molecular weight excluding hydrogens is 386 g/mol. The van der Waals surface area contributed by atoms with Gasteiger partial charge in [0.1, 0.15) is 21.7 Å². The van der Waals surface area contributed by atoms with E-state index in [0.29, 0.717) is 28.5 Å². The Labute approximate surface area is 175 Å². The normalized spacial score (nSPS) is 11.1. The summed E-state index contributed by atoms with van der Waals surface area (Å²) in [5.41, 5.74) is 3.62. The quantitative estimate of drug-likeness (QED) is 0.583. The van der Waals surface area contributed by atoms with Gasteiger partial charge in [0.05, 0.1) is 14.2 Å². The van der Waals surface area contributed by atoms with Crippen molar-refractivity contribution in [1.29, 1.82) is 0 Å². The van der Waals surface area contributed by atoms with Crippen molar-refractivity contribution in [2.24, 2.45) is 0 Å². The molecule has 0 aliphatic heterocycles. The van der Waals surface area contributed by atoms with Crippen LogP contribution in [-0.2, 0) is 0 Å². The van der Waals surface area contributed by atoms with Crippen LogP contribution in [0.25, 0.3) is 10.2 Å². The SMILES string of the molecule is COc1ccc(OC)c2sc(N(CCN(C)C)C(=O)c3ccc(C)c(C)c3)nc12. The molecule has 0 saturated carbocycles. The van der Waals surface area contributed by atoms with E-state index in [1.54, 1.807) is 19.1 Å². The van der Waals surface area contributed by atoms with Gasteiger partial charge in [0.15, 0.2) is 5.13 Å². The van der Waals surface area contributed by atoms with E-state index in [1.165, 1.54) is 11.3 Å². The van der Waals surface area contributed by atoms with E-state index >= 15 is 0 Å². The molecule has 0 aliphatic rings. The Bertz CT molecular complexity index is 989. The highest BCUT2D eigenvalue weighted by Gasteiger charge is 2.24. The van der Waals surface area contributed by atoms with Crippen molar-refractivity contribution in [2.75, 3.05) is 46.3 Å². The minimum absolute atomic E-state index is 0.0630. The number of aryl methyl sites for hydroxylation is 2. The highest BCUT2D eigenvalue weighted by Crippen LogP contribution is 2.40. The van der Waals surface area contributed by atoms with Gasteiger partial charge in [-0.25, -0.2) is 4.98 Å². The molecule has 1 amide bonds. The first-order valence-electron chi connectivity index (χ1n) is 9.41. The Balaban J connectivity index is 2.08. The summed E-state index contributed by atoms with van der Waals surface area (Å²) >= 11 is 1.44. The van der Waals surface area contributed by atoms with Crippen LogP contribution in [0.1, 0.15) is 21.5 Å². The van der Waals surface area contributed by atoms with Crippen LogP contribution in [0.4, 0.5) is 5.13 Å². The van der Waals surface area contributed by atoms with Crippen LogP contribution in [0.2, 0.25) is 0 Å². The third-order valence-corrected chi connectivity index (χ3v) is 5.99.